The van der Waals surface area contributed by atoms with E-state index in [1.165, 1.54) is 0 Å². The van der Waals surface area contributed by atoms with Gasteiger partial charge in [-0.15, -0.1) is 0 Å². The zero-order valence-corrected chi connectivity index (χ0v) is 5.16. The van der Waals surface area contributed by atoms with E-state index < -0.39 is 18.7 Å². The molecule has 0 bridgehead atoms. The Morgan fingerprint density at radius 3 is 2.67 bits per heavy atom. The fourth-order valence-electron chi connectivity index (χ4n) is 0.310. The van der Waals surface area contributed by atoms with Crippen molar-refractivity contribution in [3.63, 3.8) is 0 Å². The summed E-state index contributed by atoms with van der Waals surface area (Å²) in [4.78, 5) is 10.3. The smallest absolute Gasteiger partial charge is 0.341 e. The van der Waals surface area contributed by atoms with E-state index in [1.807, 2.05) is 0 Å². The van der Waals surface area contributed by atoms with E-state index in [1.54, 1.807) is 6.92 Å². The van der Waals surface area contributed by atoms with Gasteiger partial charge in [-0.2, -0.15) is 0 Å². The van der Waals surface area contributed by atoms with Gasteiger partial charge in [-0.3, -0.25) is 0 Å². The molecule has 0 aromatic heterocycles. The Kier molecular flexibility index (Phi) is 4.00. The summed E-state index contributed by atoms with van der Waals surface area (Å²) in [6.07, 6.45) is -1.63. The number of aliphatic hydroxyl groups is 1. The van der Waals surface area contributed by atoms with Crippen molar-refractivity contribution < 1.29 is 19.7 Å². The monoisotopic (exact) mass is 133 g/mol. The molecule has 0 rings (SSSR count). The topological polar surface area (TPSA) is 66.4 Å². The maximum atomic E-state index is 10.3. The molecule has 0 fully saturated rings. The molecule has 1 N–H and O–H groups in total. The molecular weight excluding hydrogens is 124 g/mol. The number of carbonyl (C=O) groups is 1. The SMILES string of the molecule is CCOC(=O)C([O])CO. The first kappa shape index (κ1) is 8.39. The molecule has 9 heavy (non-hydrogen) atoms. The van der Waals surface area contributed by atoms with Gasteiger partial charge in [-0.05, 0) is 6.92 Å². The highest BCUT2D eigenvalue weighted by atomic mass is 16.5. The summed E-state index contributed by atoms with van der Waals surface area (Å²) in [6.45, 7) is 1.08. The number of carbonyl (C=O) groups excluding carboxylic acids is 1. The largest absolute Gasteiger partial charge is 0.464 e. The van der Waals surface area contributed by atoms with E-state index >= 15 is 0 Å². The van der Waals surface area contributed by atoms with Crippen LogP contribution in [-0.4, -0.2) is 30.4 Å². The lowest BCUT2D eigenvalue weighted by Gasteiger charge is -2.02. The predicted octanol–water partition coefficient (Wildman–Crippen LogP) is -0.659. The predicted molar refractivity (Wildman–Crippen MR) is 28.2 cm³/mol. The average Bonchev–Trinajstić information content (AvgIpc) is 1.87. The molecule has 4 nitrogen and oxygen atoms in total. The van der Waals surface area contributed by atoms with E-state index in [9.17, 15) is 9.90 Å². The number of esters is 1. The molecule has 0 spiro atoms. The maximum absolute atomic E-state index is 10.3. The third-order valence-corrected chi connectivity index (χ3v) is 0.715. The average molecular weight is 133 g/mol. The Morgan fingerprint density at radius 1 is 1.78 bits per heavy atom. The van der Waals surface area contributed by atoms with E-state index in [0.29, 0.717) is 0 Å². The van der Waals surface area contributed by atoms with E-state index in [0.717, 1.165) is 0 Å². The standard InChI is InChI=1S/C5H9O4/c1-2-9-5(8)4(7)3-6/h4,6H,2-3H2,1H3. The second kappa shape index (κ2) is 4.29. The highest BCUT2D eigenvalue weighted by molar-refractivity contribution is 5.74. The molecule has 0 aliphatic rings. The molecule has 0 aromatic carbocycles. The zero-order chi connectivity index (χ0) is 7.28. The fourth-order valence-corrected chi connectivity index (χ4v) is 0.310. The van der Waals surface area contributed by atoms with Crippen molar-refractivity contribution >= 4 is 5.97 Å². The van der Waals surface area contributed by atoms with E-state index in [2.05, 4.69) is 4.74 Å². The minimum atomic E-state index is -1.63. The Bertz CT molecular complexity index is 91.0. The van der Waals surface area contributed by atoms with Gasteiger partial charge in [0.2, 0.25) is 6.10 Å². The molecular formula is C5H9O4. The Morgan fingerprint density at radius 2 is 2.33 bits per heavy atom. The summed E-state index contributed by atoms with van der Waals surface area (Å²) in [5.74, 6) is -0.889. The molecule has 0 saturated carbocycles. The summed E-state index contributed by atoms with van der Waals surface area (Å²) in [5, 5.41) is 18.4. The van der Waals surface area contributed by atoms with Crippen molar-refractivity contribution in [2.24, 2.45) is 0 Å². The van der Waals surface area contributed by atoms with Gasteiger partial charge in [0, 0.05) is 0 Å². The summed E-state index contributed by atoms with van der Waals surface area (Å²) in [6, 6.07) is 0. The highest BCUT2D eigenvalue weighted by Gasteiger charge is 2.15. The first-order chi connectivity index (χ1) is 4.22. The van der Waals surface area contributed by atoms with E-state index in [4.69, 9.17) is 5.11 Å². The first-order valence-electron chi connectivity index (χ1n) is 2.65. The van der Waals surface area contributed by atoms with Crippen LogP contribution in [0.1, 0.15) is 6.92 Å². The van der Waals surface area contributed by atoms with Gasteiger partial charge in [0.1, 0.15) is 0 Å². The molecule has 0 aliphatic heterocycles. The van der Waals surface area contributed by atoms with Crippen LogP contribution in [0.4, 0.5) is 0 Å². The van der Waals surface area contributed by atoms with Crippen molar-refractivity contribution in [2.75, 3.05) is 13.2 Å². The third-order valence-electron chi connectivity index (χ3n) is 0.715. The van der Waals surface area contributed by atoms with Gasteiger partial charge >= 0.3 is 5.97 Å². The minimum absolute atomic E-state index is 0.178. The van der Waals surface area contributed by atoms with Crippen LogP contribution < -0.4 is 0 Å². The van der Waals surface area contributed by atoms with Gasteiger partial charge in [-0.1, -0.05) is 0 Å². The number of hydrogen-bond acceptors (Lipinski definition) is 3. The number of aliphatic hydroxyl groups excluding tert-OH is 1. The van der Waals surface area contributed by atoms with Crippen LogP contribution >= 0.6 is 0 Å². The van der Waals surface area contributed by atoms with E-state index in [-0.39, 0.29) is 6.61 Å². The van der Waals surface area contributed by atoms with Crippen molar-refractivity contribution in [3.8, 4) is 0 Å². The number of hydrogen-bond donors (Lipinski definition) is 1. The van der Waals surface area contributed by atoms with Gasteiger partial charge < -0.3 is 9.84 Å². The quantitative estimate of drug-likeness (QED) is 0.520. The first-order valence-corrected chi connectivity index (χ1v) is 2.65. The number of ether oxygens (including phenoxy) is 1. The zero-order valence-electron chi connectivity index (χ0n) is 5.16. The van der Waals surface area contributed by atoms with Crippen LogP contribution in [0.25, 0.3) is 0 Å². The van der Waals surface area contributed by atoms with Crippen LogP contribution in [0.5, 0.6) is 0 Å². The lowest BCUT2D eigenvalue weighted by molar-refractivity contribution is -0.159. The van der Waals surface area contributed by atoms with Crippen LogP contribution in [0.15, 0.2) is 0 Å². The van der Waals surface area contributed by atoms with Gasteiger partial charge in [0.05, 0.1) is 13.2 Å². The highest BCUT2D eigenvalue weighted by Crippen LogP contribution is 1.86. The van der Waals surface area contributed by atoms with Crippen molar-refractivity contribution in [1.29, 1.82) is 0 Å². The summed E-state index contributed by atoms with van der Waals surface area (Å²) in [5.41, 5.74) is 0. The van der Waals surface area contributed by atoms with Crippen LogP contribution in [0, 0.1) is 0 Å². The lowest BCUT2D eigenvalue weighted by Crippen LogP contribution is -2.25. The molecule has 0 saturated heterocycles. The van der Waals surface area contributed by atoms with Crippen LogP contribution in [-0.2, 0) is 14.6 Å². The lowest BCUT2D eigenvalue weighted by atomic mass is 10.4. The van der Waals surface area contributed by atoms with Gasteiger partial charge in [-0.25, -0.2) is 9.90 Å². The Hall–Kier alpha value is -0.610. The molecule has 0 aliphatic carbocycles. The maximum Gasteiger partial charge on any atom is 0.341 e. The van der Waals surface area contributed by atoms with Crippen LogP contribution in [0.3, 0.4) is 0 Å². The molecule has 1 unspecified atom stereocenters. The Labute approximate surface area is 53.1 Å². The molecule has 1 atom stereocenters. The molecule has 0 amide bonds. The molecule has 4 heteroatoms. The number of rotatable bonds is 3. The van der Waals surface area contributed by atoms with Crippen molar-refractivity contribution in [1.82, 2.24) is 0 Å². The van der Waals surface area contributed by atoms with Crippen LogP contribution in [0.2, 0.25) is 0 Å². The fraction of sp³-hybridized carbons (Fsp3) is 0.800. The second-order valence-electron chi connectivity index (χ2n) is 1.42. The second-order valence-corrected chi connectivity index (χ2v) is 1.42. The normalized spacial score (nSPS) is 12.8. The van der Waals surface area contributed by atoms with Gasteiger partial charge in [0.15, 0.2) is 0 Å². The molecule has 0 heterocycles. The summed E-state index contributed by atoms with van der Waals surface area (Å²) < 4.78 is 4.28. The molecule has 0 aromatic rings. The minimum Gasteiger partial charge on any atom is -0.464 e. The molecule has 1 radical (unpaired) electrons. The van der Waals surface area contributed by atoms with Crippen molar-refractivity contribution in [3.05, 3.63) is 0 Å². The van der Waals surface area contributed by atoms with Gasteiger partial charge in [0.25, 0.3) is 0 Å². The van der Waals surface area contributed by atoms with Crippen molar-refractivity contribution in [2.45, 2.75) is 13.0 Å². The Balaban J connectivity index is 3.46. The third kappa shape index (κ3) is 3.05. The summed E-state index contributed by atoms with van der Waals surface area (Å²) in [7, 11) is 0. The molecule has 53 valence electrons. The summed E-state index contributed by atoms with van der Waals surface area (Å²) >= 11 is 0.